The van der Waals surface area contributed by atoms with Crippen molar-refractivity contribution in [1.29, 1.82) is 0 Å². The summed E-state index contributed by atoms with van der Waals surface area (Å²) in [7, 11) is 0.0541. The summed E-state index contributed by atoms with van der Waals surface area (Å²) in [5, 5.41) is 2.82. The van der Waals surface area contributed by atoms with Gasteiger partial charge in [-0.15, -0.1) is 0 Å². The first-order valence-corrected chi connectivity index (χ1v) is 10.5. The van der Waals surface area contributed by atoms with Crippen LogP contribution in [0.3, 0.4) is 0 Å². The normalized spacial score (nSPS) is 11.1. The third-order valence-corrected chi connectivity index (χ3v) is 5.49. The minimum absolute atomic E-state index is 0.0559. The Hall–Kier alpha value is -2.54. The highest BCUT2D eigenvalue weighted by atomic mass is 32.2. The number of unbranched alkanes of at least 4 members (excludes halogenated alkanes) is 2. The lowest BCUT2D eigenvalue weighted by molar-refractivity contribution is 0.0952. The van der Waals surface area contributed by atoms with Crippen molar-refractivity contribution in [1.82, 2.24) is 5.32 Å². The van der Waals surface area contributed by atoms with Gasteiger partial charge in [-0.05, 0) is 48.9 Å². The van der Waals surface area contributed by atoms with Gasteiger partial charge in [-0.1, -0.05) is 25.8 Å². The molecule has 0 fully saturated rings. The van der Waals surface area contributed by atoms with E-state index in [9.17, 15) is 13.2 Å². The molecule has 0 aromatic heterocycles. The first kappa shape index (κ1) is 20.8. The predicted octanol–water partition coefficient (Wildman–Crippen LogP) is 3.47. The summed E-state index contributed by atoms with van der Waals surface area (Å²) in [5.41, 5.74) is 1.77. The Morgan fingerprint density at radius 1 is 1.04 bits per heavy atom. The Morgan fingerprint density at radius 2 is 1.74 bits per heavy atom. The van der Waals surface area contributed by atoms with Crippen LogP contribution in [0.15, 0.2) is 53.4 Å². The lowest BCUT2D eigenvalue weighted by Crippen LogP contribution is -2.24. The third-order valence-electron chi connectivity index (χ3n) is 4.11. The number of benzene rings is 2. The number of carbonyl (C=O) groups is 1. The number of sulfonamides is 1. The molecule has 2 aromatic rings. The zero-order valence-electron chi connectivity index (χ0n) is 16.0. The first-order chi connectivity index (χ1) is 12.8. The lowest BCUT2D eigenvalue weighted by Gasteiger charge is -2.14. The molecule has 27 heavy (non-hydrogen) atoms. The second kappa shape index (κ2) is 9.41. The van der Waals surface area contributed by atoms with Gasteiger partial charge in [-0.25, -0.2) is 8.42 Å². The summed E-state index contributed by atoms with van der Waals surface area (Å²) in [6.45, 7) is 2.68. The van der Waals surface area contributed by atoms with E-state index in [0.29, 0.717) is 17.8 Å². The molecule has 2 N–H and O–H groups in total. The molecule has 0 aliphatic rings. The van der Waals surface area contributed by atoms with Crippen molar-refractivity contribution in [3.8, 4) is 0 Å². The Balaban J connectivity index is 2.10. The Morgan fingerprint density at radius 3 is 2.37 bits per heavy atom. The van der Waals surface area contributed by atoms with E-state index in [-0.39, 0.29) is 10.8 Å². The van der Waals surface area contributed by atoms with Crippen molar-refractivity contribution >= 4 is 27.3 Å². The Kier molecular flexibility index (Phi) is 7.24. The quantitative estimate of drug-likeness (QED) is 0.644. The first-order valence-electron chi connectivity index (χ1n) is 9.02. The van der Waals surface area contributed by atoms with Crippen LogP contribution < -0.4 is 14.9 Å². The molecule has 0 unspecified atom stereocenters. The van der Waals surface area contributed by atoms with Crippen molar-refractivity contribution in [2.75, 3.05) is 30.3 Å². The van der Waals surface area contributed by atoms with Gasteiger partial charge in [0, 0.05) is 37.6 Å². The minimum atomic E-state index is -3.78. The van der Waals surface area contributed by atoms with Gasteiger partial charge in [-0.3, -0.25) is 9.52 Å². The fourth-order valence-corrected chi connectivity index (χ4v) is 3.63. The summed E-state index contributed by atoms with van der Waals surface area (Å²) in [5.74, 6) is -0.265. The maximum atomic E-state index is 12.6. The average Bonchev–Trinajstić information content (AvgIpc) is 2.65. The van der Waals surface area contributed by atoms with Crippen LogP contribution in [0.2, 0.25) is 0 Å². The van der Waals surface area contributed by atoms with E-state index in [1.54, 1.807) is 24.3 Å². The second-order valence-corrected chi connectivity index (χ2v) is 8.22. The van der Waals surface area contributed by atoms with E-state index >= 15 is 0 Å². The van der Waals surface area contributed by atoms with E-state index < -0.39 is 10.0 Å². The fourth-order valence-electron chi connectivity index (χ4n) is 2.53. The van der Waals surface area contributed by atoms with Crippen LogP contribution in [0.4, 0.5) is 11.4 Å². The maximum absolute atomic E-state index is 12.6. The topological polar surface area (TPSA) is 78.5 Å². The standard InChI is InChI=1S/C20H27N3O3S/c1-4-5-6-14-21-20(24)16-8-7-9-19(15-16)27(25,26)22-17-10-12-18(13-11-17)23(2)3/h7-13,15,22H,4-6,14H2,1-3H3,(H,21,24). The lowest BCUT2D eigenvalue weighted by atomic mass is 10.2. The van der Waals surface area contributed by atoms with Crippen molar-refractivity contribution in [2.45, 2.75) is 31.1 Å². The van der Waals surface area contributed by atoms with Crippen molar-refractivity contribution < 1.29 is 13.2 Å². The van der Waals surface area contributed by atoms with Crippen molar-refractivity contribution in [3.63, 3.8) is 0 Å². The van der Waals surface area contributed by atoms with Gasteiger partial charge >= 0.3 is 0 Å². The maximum Gasteiger partial charge on any atom is 0.261 e. The molecule has 146 valence electrons. The number of amides is 1. The Bertz CT molecular complexity index is 862. The van der Waals surface area contributed by atoms with Crippen LogP contribution in [0.25, 0.3) is 0 Å². The van der Waals surface area contributed by atoms with Gasteiger partial charge in [0.15, 0.2) is 0 Å². The highest BCUT2D eigenvalue weighted by Gasteiger charge is 2.16. The van der Waals surface area contributed by atoms with Crippen LogP contribution in [-0.4, -0.2) is 35.0 Å². The number of rotatable bonds is 9. The SMILES string of the molecule is CCCCCNC(=O)c1cccc(S(=O)(=O)Nc2ccc(N(C)C)cc2)c1. The van der Waals surface area contributed by atoms with E-state index in [4.69, 9.17) is 0 Å². The molecule has 0 radical (unpaired) electrons. The molecule has 6 nitrogen and oxygen atoms in total. The minimum Gasteiger partial charge on any atom is -0.378 e. The summed E-state index contributed by atoms with van der Waals surface area (Å²) < 4.78 is 27.8. The molecule has 0 saturated carbocycles. The molecule has 0 aliphatic heterocycles. The van der Waals surface area contributed by atoms with Gasteiger partial charge in [-0.2, -0.15) is 0 Å². The highest BCUT2D eigenvalue weighted by molar-refractivity contribution is 7.92. The van der Waals surface area contributed by atoms with Gasteiger partial charge < -0.3 is 10.2 Å². The number of hydrogen-bond acceptors (Lipinski definition) is 4. The van der Waals surface area contributed by atoms with Crippen LogP contribution >= 0.6 is 0 Å². The monoisotopic (exact) mass is 389 g/mol. The van der Waals surface area contributed by atoms with Gasteiger partial charge in [0.25, 0.3) is 15.9 Å². The highest BCUT2D eigenvalue weighted by Crippen LogP contribution is 2.20. The molecule has 2 rings (SSSR count). The summed E-state index contributed by atoms with van der Waals surface area (Å²) in [6, 6.07) is 13.1. The van der Waals surface area contributed by atoms with Gasteiger partial charge in [0.2, 0.25) is 0 Å². The number of carbonyl (C=O) groups excluding carboxylic acids is 1. The smallest absolute Gasteiger partial charge is 0.261 e. The molecule has 0 spiro atoms. The molecular weight excluding hydrogens is 362 g/mol. The van der Waals surface area contributed by atoms with Crippen molar-refractivity contribution in [3.05, 3.63) is 54.1 Å². The van der Waals surface area contributed by atoms with Crippen molar-refractivity contribution in [2.24, 2.45) is 0 Å². The van der Waals surface area contributed by atoms with E-state index in [1.807, 2.05) is 31.1 Å². The fraction of sp³-hybridized carbons (Fsp3) is 0.350. The van der Waals surface area contributed by atoms with Crippen LogP contribution in [-0.2, 0) is 10.0 Å². The van der Waals surface area contributed by atoms with E-state index in [1.165, 1.54) is 12.1 Å². The van der Waals surface area contributed by atoms with Crippen LogP contribution in [0.5, 0.6) is 0 Å². The van der Waals surface area contributed by atoms with E-state index in [0.717, 1.165) is 24.9 Å². The predicted molar refractivity (Wildman–Crippen MR) is 110 cm³/mol. The summed E-state index contributed by atoms with van der Waals surface area (Å²) in [4.78, 5) is 14.2. The van der Waals surface area contributed by atoms with E-state index in [2.05, 4.69) is 17.0 Å². The number of hydrogen-bond donors (Lipinski definition) is 2. The van der Waals surface area contributed by atoms with Gasteiger partial charge in [0.1, 0.15) is 0 Å². The van der Waals surface area contributed by atoms with Crippen LogP contribution in [0.1, 0.15) is 36.5 Å². The van der Waals surface area contributed by atoms with Crippen LogP contribution in [0, 0.1) is 0 Å². The summed E-state index contributed by atoms with van der Waals surface area (Å²) in [6.07, 6.45) is 3.03. The zero-order chi connectivity index (χ0) is 19.9. The zero-order valence-corrected chi connectivity index (χ0v) is 16.8. The average molecular weight is 390 g/mol. The molecule has 2 aromatic carbocycles. The number of nitrogens with zero attached hydrogens (tertiary/aromatic N) is 1. The van der Waals surface area contributed by atoms with Gasteiger partial charge in [0.05, 0.1) is 4.90 Å². The molecule has 7 heteroatoms. The Labute approximate surface area is 161 Å². The molecule has 0 atom stereocenters. The largest absolute Gasteiger partial charge is 0.378 e. The number of anilines is 2. The molecular formula is C20H27N3O3S. The molecule has 1 amide bonds. The molecule has 0 saturated heterocycles. The molecule has 0 bridgehead atoms. The molecule has 0 aliphatic carbocycles. The summed E-state index contributed by atoms with van der Waals surface area (Å²) >= 11 is 0. The second-order valence-electron chi connectivity index (χ2n) is 6.54. The molecule has 0 heterocycles. The number of nitrogens with one attached hydrogen (secondary N) is 2. The third kappa shape index (κ3) is 5.99.